The first-order chi connectivity index (χ1) is 11.9. The van der Waals surface area contributed by atoms with Gasteiger partial charge < -0.3 is 20.6 Å². The third-order valence-corrected chi connectivity index (χ3v) is 4.00. The number of benzene rings is 1. The quantitative estimate of drug-likeness (QED) is 0.721. The summed E-state index contributed by atoms with van der Waals surface area (Å²) < 4.78 is 0. The fourth-order valence-corrected chi connectivity index (χ4v) is 2.77. The topological polar surface area (TPSA) is 77.5 Å². The Labute approximate surface area is 149 Å². The molecule has 0 fully saturated rings. The molecule has 0 radical (unpaired) electrons. The molecule has 1 aromatic heterocycles. The maximum atomic E-state index is 12.2. The van der Waals surface area contributed by atoms with Crippen LogP contribution in [0.15, 0.2) is 30.3 Å². The zero-order chi connectivity index (χ0) is 18.4. The van der Waals surface area contributed by atoms with E-state index in [1.54, 1.807) is 0 Å². The van der Waals surface area contributed by atoms with Gasteiger partial charge in [-0.3, -0.25) is 0 Å². The number of aliphatic hydroxyl groups is 1. The predicted molar refractivity (Wildman–Crippen MR) is 102 cm³/mol. The highest BCUT2D eigenvalue weighted by Crippen LogP contribution is 2.22. The van der Waals surface area contributed by atoms with Crippen molar-refractivity contribution in [3.05, 3.63) is 35.9 Å². The molecule has 0 saturated carbocycles. The third kappa shape index (κ3) is 5.32. The van der Waals surface area contributed by atoms with Crippen LogP contribution in [-0.2, 0) is 6.54 Å². The Morgan fingerprint density at radius 2 is 2.00 bits per heavy atom. The summed E-state index contributed by atoms with van der Waals surface area (Å²) in [6, 6.07) is 9.38. The van der Waals surface area contributed by atoms with Crippen molar-refractivity contribution in [1.82, 2.24) is 15.6 Å². The predicted octanol–water partition coefficient (Wildman–Crippen LogP) is 2.51. The highest BCUT2D eigenvalue weighted by Gasteiger charge is 2.13. The van der Waals surface area contributed by atoms with E-state index >= 15 is 0 Å². The van der Waals surface area contributed by atoms with Crippen molar-refractivity contribution in [3.8, 4) is 0 Å². The molecule has 0 bridgehead atoms. The largest absolute Gasteiger partial charge is 0.394 e. The van der Waals surface area contributed by atoms with Crippen molar-refractivity contribution in [3.63, 3.8) is 0 Å². The summed E-state index contributed by atoms with van der Waals surface area (Å²) in [5.41, 5.74) is 1.91. The van der Waals surface area contributed by atoms with E-state index in [-0.39, 0.29) is 18.7 Å². The molecule has 0 spiro atoms. The molecule has 1 heterocycles. The van der Waals surface area contributed by atoms with Crippen LogP contribution in [0.3, 0.4) is 0 Å². The summed E-state index contributed by atoms with van der Waals surface area (Å²) in [6.07, 6.45) is 0.743. The van der Waals surface area contributed by atoms with E-state index in [9.17, 15) is 9.90 Å². The molecule has 6 heteroatoms. The standard InChI is InChI=1S/C19H28N4O2/c1-13(2)9-15(12-24)21-19(25)20-11-14-10-18(23(3)4)22-17-8-6-5-7-16(14)17/h5-8,10,13,15,24H,9,11-12H2,1-4H3,(H2,20,21,25). The van der Waals surface area contributed by atoms with Crippen LogP contribution in [-0.4, -0.2) is 42.9 Å². The molecule has 2 rings (SSSR count). The van der Waals surface area contributed by atoms with E-state index in [0.717, 1.165) is 28.7 Å². The van der Waals surface area contributed by atoms with Crippen molar-refractivity contribution in [2.24, 2.45) is 5.92 Å². The van der Waals surface area contributed by atoms with E-state index in [0.29, 0.717) is 12.5 Å². The number of carbonyl (C=O) groups is 1. The molecule has 6 nitrogen and oxygen atoms in total. The van der Waals surface area contributed by atoms with Gasteiger partial charge in [0.05, 0.1) is 18.2 Å². The van der Waals surface area contributed by atoms with Gasteiger partial charge in [0.25, 0.3) is 0 Å². The Morgan fingerprint density at radius 3 is 2.64 bits per heavy atom. The SMILES string of the molecule is CC(C)CC(CO)NC(=O)NCc1cc(N(C)C)nc2ccccc12. The van der Waals surface area contributed by atoms with Gasteiger partial charge in [0, 0.05) is 26.0 Å². The second-order valence-electron chi connectivity index (χ2n) is 6.89. The molecule has 25 heavy (non-hydrogen) atoms. The zero-order valence-electron chi connectivity index (χ0n) is 15.4. The molecule has 0 aliphatic heterocycles. The van der Waals surface area contributed by atoms with Crippen LogP contribution in [0, 0.1) is 5.92 Å². The average molecular weight is 344 g/mol. The number of carbonyl (C=O) groups excluding carboxylic acids is 1. The monoisotopic (exact) mass is 344 g/mol. The first-order valence-corrected chi connectivity index (χ1v) is 8.62. The number of rotatable bonds is 7. The minimum Gasteiger partial charge on any atom is -0.394 e. The molecule has 136 valence electrons. The fraction of sp³-hybridized carbons (Fsp3) is 0.474. The molecule has 3 N–H and O–H groups in total. The van der Waals surface area contributed by atoms with Crippen LogP contribution in [0.4, 0.5) is 10.6 Å². The summed E-state index contributed by atoms with van der Waals surface area (Å²) in [6.45, 7) is 4.46. The number of anilines is 1. The van der Waals surface area contributed by atoms with Crippen LogP contribution in [0.2, 0.25) is 0 Å². The van der Waals surface area contributed by atoms with Crippen LogP contribution in [0.5, 0.6) is 0 Å². The number of amides is 2. The lowest BCUT2D eigenvalue weighted by molar-refractivity contribution is 0.206. The van der Waals surface area contributed by atoms with Crippen molar-refractivity contribution in [1.29, 1.82) is 0 Å². The number of nitrogens with one attached hydrogen (secondary N) is 2. The molecule has 1 unspecified atom stereocenters. The first kappa shape index (κ1) is 19.0. The number of nitrogens with zero attached hydrogens (tertiary/aromatic N) is 2. The summed E-state index contributed by atoms with van der Waals surface area (Å²) in [5.74, 6) is 1.26. The van der Waals surface area contributed by atoms with Crippen molar-refractivity contribution in [2.45, 2.75) is 32.9 Å². The average Bonchev–Trinajstić information content (AvgIpc) is 2.58. The molecule has 0 saturated heterocycles. The maximum absolute atomic E-state index is 12.2. The van der Waals surface area contributed by atoms with Gasteiger partial charge in [-0.15, -0.1) is 0 Å². The number of urea groups is 1. The molecule has 2 aromatic rings. The second kappa shape index (κ2) is 8.67. The zero-order valence-corrected chi connectivity index (χ0v) is 15.4. The highest BCUT2D eigenvalue weighted by atomic mass is 16.3. The van der Waals surface area contributed by atoms with Gasteiger partial charge in [-0.1, -0.05) is 32.0 Å². The third-order valence-electron chi connectivity index (χ3n) is 4.00. The Hall–Kier alpha value is -2.34. The van der Waals surface area contributed by atoms with Crippen LogP contribution < -0.4 is 15.5 Å². The van der Waals surface area contributed by atoms with Gasteiger partial charge in [0.2, 0.25) is 0 Å². The highest BCUT2D eigenvalue weighted by molar-refractivity contribution is 5.84. The van der Waals surface area contributed by atoms with Crippen molar-refractivity contribution >= 4 is 22.8 Å². The smallest absolute Gasteiger partial charge is 0.315 e. The van der Waals surface area contributed by atoms with Crippen LogP contribution >= 0.6 is 0 Å². The van der Waals surface area contributed by atoms with Crippen LogP contribution in [0.25, 0.3) is 10.9 Å². The van der Waals surface area contributed by atoms with Crippen LogP contribution in [0.1, 0.15) is 25.8 Å². The molecule has 1 aromatic carbocycles. The van der Waals surface area contributed by atoms with Gasteiger partial charge in [-0.05, 0) is 30.0 Å². The van der Waals surface area contributed by atoms with Crippen molar-refractivity contribution in [2.75, 3.05) is 25.6 Å². The number of pyridine rings is 1. The lowest BCUT2D eigenvalue weighted by atomic mass is 10.0. The minimum absolute atomic E-state index is 0.0609. The van der Waals surface area contributed by atoms with E-state index in [2.05, 4.69) is 29.5 Å². The molecule has 1 atom stereocenters. The van der Waals surface area contributed by atoms with E-state index in [1.165, 1.54) is 0 Å². The van der Waals surface area contributed by atoms with Gasteiger partial charge in [0.15, 0.2) is 0 Å². The first-order valence-electron chi connectivity index (χ1n) is 8.62. The summed E-state index contributed by atoms with van der Waals surface area (Å²) >= 11 is 0. The normalized spacial score (nSPS) is 12.2. The summed E-state index contributed by atoms with van der Waals surface area (Å²) in [7, 11) is 3.89. The summed E-state index contributed by atoms with van der Waals surface area (Å²) in [4.78, 5) is 18.7. The molecule has 0 aliphatic rings. The second-order valence-corrected chi connectivity index (χ2v) is 6.89. The Kier molecular flexibility index (Phi) is 6.58. The van der Waals surface area contributed by atoms with Gasteiger partial charge in [-0.25, -0.2) is 9.78 Å². The maximum Gasteiger partial charge on any atom is 0.315 e. The van der Waals surface area contributed by atoms with Gasteiger partial charge in [0.1, 0.15) is 5.82 Å². The number of aliphatic hydroxyl groups excluding tert-OH is 1. The molecular formula is C19H28N4O2. The van der Waals surface area contributed by atoms with E-state index in [1.807, 2.05) is 49.3 Å². The van der Waals surface area contributed by atoms with Gasteiger partial charge >= 0.3 is 6.03 Å². The number of fused-ring (bicyclic) bond motifs is 1. The minimum atomic E-state index is -0.271. The number of para-hydroxylation sites is 1. The number of hydrogen-bond donors (Lipinski definition) is 3. The fourth-order valence-electron chi connectivity index (χ4n) is 2.77. The van der Waals surface area contributed by atoms with E-state index < -0.39 is 0 Å². The molecule has 2 amide bonds. The Bertz CT molecular complexity index is 716. The number of aromatic nitrogens is 1. The Balaban J connectivity index is 2.10. The van der Waals surface area contributed by atoms with Gasteiger partial charge in [-0.2, -0.15) is 0 Å². The Morgan fingerprint density at radius 1 is 1.28 bits per heavy atom. The summed E-state index contributed by atoms with van der Waals surface area (Å²) in [5, 5.41) is 16.1. The van der Waals surface area contributed by atoms with Crippen molar-refractivity contribution < 1.29 is 9.90 Å². The molecular weight excluding hydrogens is 316 g/mol. The lowest BCUT2D eigenvalue weighted by Crippen LogP contribution is -2.44. The lowest BCUT2D eigenvalue weighted by Gasteiger charge is -2.19. The number of hydrogen-bond acceptors (Lipinski definition) is 4. The van der Waals surface area contributed by atoms with E-state index in [4.69, 9.17) is 0 Å². The molecule has 0 aliphatic carbocycles.